The van der Waals surface area contributed by atoms with Gasteiger partial charge in [0.25, 0.3) is 11.8 Å². The summed E-state index contributed by atoms with van der Waals surface area (Å²) in [6.45, 7) is 0. The van der Waals surface area contributed by atoms with Gasteiger partial charge in [0, 0.05) is 25.3 Å². The van der Waals surface area contributed by atoms with Gasteiger partial charge in [-0.3, -0.25) is 0 Å². The Kier molecular flexibility index (Phi) is 2.29. The minimum atomic E-state index is 0.153. The molecule has 0 saturated carbocycles. The van der Waals surface area contributed by atoms with Crippen LogP contribution < -0.4 is 10.6 Å². The van der Waals surface area contributed by atoms with E-state index in [9.17, 15) is 0 Å². The van der Waals surface area contributed by atoms with Gasteiger partial charge in [0.1, 0.15) is 0 Å². The van der Waals surface area contributed by atoms with Crippen LogP contribution in [0, 0.1) is 0 Å². The van der Waals surface area contributed by atoms with Gasteiger partial charge < -0.3 is 15.2 Å². The van der Waals surface area contributed by atoms with E-state index >= 15 is 0 Å². The Morgan fingerprint density at radius 2 is 2.13 bits per heavy atom. The van der Waals surface area contributed by atoms with Crippen LogP contribution in [0.1, 0.15) is 0 Å². The molecule has 15 heavy (non-hydrogen) atoms. The molecular formula is C10H12N4O. The summed E-state index contributed by atoms with van der Waals surface area (Å²) in [6, 6.07) is 7.81. The number of hydrogen-bond acceptors (Lipinski definition) is 5. The number of benzene rings is 1. The third-order valence-electron chi connectivity index (χ3n) is 2.05. The summed E-state index contributed by atoms with van der Waals surface area (Å²) >= 11 is 0. The van der Waals surface area contributed by atoms with Crippen molar-refractivity contribution in [2.45, 2.75) is 0 Å². The van der Waals surface area contributed by atoms with E-state index in [0.29, 0.717) is 5.89 Å². The molecule has 0 saturated heterocycles. The summed E-state index contributed by atoms with van der Waals surface area (Å²) in [5, 5.41) is 3.55. The Hall–Kier alpha value is -2.04. The Bertz CT molecular complexity index is 464. The molecule has 5 heteroatoms. The zero-order valence-electron chi connectivity index (χ0n) is 8.64. The first-order valence-electron chi connectivity index (χ1n) is 4.54. The summed E-state index contributed by atoms with van der Waals surface area (Å²) in [6.07, 6.45) is 0. The average Bonchev–Trinajstić information content (AvgIpc) is 2.65. The largest absolute Gasteiger partial charge is 0.378 e. The molecule has 1 aromatic carbocycles. The van der Waals surface area contributed by atoms with Crippen molar-refractivity contribution in [1.82, 2.24) is 10.1 Å². The number of hydrogen-bond donors (Lipinski definition) is 1. The van der Waals surface area contributed by atoms with Crippen LogP contribution in [0.4, 0.5) is 11.6 Å². The van der Waals surface area contributed by atoms with Crippen LogP contribution in [0.15, 0.2) is 28.8 Å². The van der Waals surface area contributed by atoms with Crippen molar-refractivity contribution < 1.29 is 4.52 Å². The second-order valence-corrected chi connectivity index (χ2v) is 3.40. The minimum Gasteiger partial charge on any atom is -0.378 e. The van der Waals surface area contributed by atoms with Gasteiger partial charge in [-0.25, -0.2) is 0 Å². The van der Waals surface area contributed by atoms with E-state index in [0.717, 1.165) is 11.3 Å². The number of nitrogen functional groups attached to an aromatic ring is 1. The summed E-state index contributed by atoms with van der Waals surface area (Å²) in [7, 11) is 3.95. The topological polar surface area (TPSA) is 68.2 Å². The van der Waals surface area contributed by atoms with Gasteiger partial charge in [-0.2, -0.15) is 4.98 Å². The van der Waals surface area contributed by atoms with Crippen molar-refractivity contribution in [3.05, 3.63) is 24.3 Å². The summed E-state index contributed by atoms with van der Waals surface area (Å²) in [4.78, 5) is 5.97. The highest BCUT2D eigenvalue weighted by atomic mass is 16.5. The predicted molar refractivity (Wildman–Crippen MR) is 58.5 cm³/mol. The van der Waals surface area contributed by atoms with Crippen LogP contribution in [-0.4, -0.2) is 24.2 Å². The standard InChI is InChI=1S/C10H12N4O/c1-14(2)8-5-3-4-7(6-8)9-12-10(11)13-15-9/h3-6H,1-2H3,(H2,11,13). The third-order valence-corrected chi connectivity index (χ3v) is 2.05. The van der Waals surface area contributed by atoms with Gasteiger partial charge in [0.2, 0.25) is 0 Å². The third kappa shape index (κ3) is 1.90. The monoisotopic (exact) mass is 204 g/mol. The highest BCUT2D eigenvalue weighted by molar-refractivity contribution is 5.62. The second kappa shape index (κ2) is 3.61. The van der Waals surface area contributed by atoms with Crippen LogP contribution in [0.3, 0.4) is 0 Å². The molecule has 0 unspecified atom stereocenters. The van der Waals surface area contributed by atoms with E-state index in [2.05, 4.69) is 10.1 Å². The Balaban J connectivity index is 2.41. The molecule has 0 fully saturated rings. The molecule has 78 valence electrons. The van der Waals surface area contributed by atoms with Gasteiger partial charge in [-0.1, -0.05) is 6.07 Å². The molecule has 2 N–H and O–H groups in total. The zero-order chi connectivity index (χ0) is 10.8. The van der Waals surface area contributed by atoms with Crippen molar-refractivity contribution in [3.8, 4) is 11.5 Å². The first kappa shape index (κ1) is 9.51. The molecule has 0 atom stereocenters. The fourth-order valence-electron chi connectivity index (χ4n) is 1.27. The van der Waals surface area contributed by atoms with Crippen LogP contribution in [0.25, 0.3) is 11.5 Å². The minimum absolute atomic E-state index is 0.153. The first-order chi connectivity index (χ1) is 7.16. The van der Waals surface area contributed by atoms with E-state index in [1.54, 1.807) is 0 Å². The maximum Gasteiger partial charge on any atom is 0.261 e. The molecule has 0 bridgehead atoms. The smallest absolute Gasteiger partial charge is 0.261 e. The Morgan fingerprint density at radius 3 is 2.73 bits per heavy atom. The van der Waals surface area contributed by atoms with Crippen LogP contribution >= 0.6 is 0 Å². The molecule has 2 aromatic rings. The number of nitrogens with two attached hydrogens (primary N) is 1. The van der Waals surface area contributed by atoms with Gasteiger partial charge in [0.05, 0.1) is 0 Å². The van der Waals surface area contributed by atoms with Crippen molar-refractivity contribution >= 4 is 11.6 Å². The van der Waals surface area contributed by atoms with Crippen LogP contribution in [0.5, 0.6) is 0 Å². The molecule has 0 amide bonds. The van der Waals surface area contributed by atoms with E-state index in [1.165, 1.54) is 0 Å². The molecular weight excluding hydrogens is 192 g/mol. The van der Waals surface area contributed by atoms with Crippen LogP contribution in [0.2, 0.25) is 0 Å². The highest BCUT2D eigenvalue weighted by Crippen LogP contribution is 2.22. The fourth-order valence-corrected chi connectivity index (χ4v) is 1.27. The molecule has 5 nitrogen and oxygen atoms in total. The summed E-state index contributed by atoms with van der Waals surface area (Å²) in [5.74, 6) is 0.594. The molecule has 2 rings (SSSR count). The SMILES string of the molecule is CN(C)c1cccc(-c2nc(N)no2)c1. The predicted octanol–water partition coefficient (Wildman–Crippen LogP) is 1.38. The lowest BCUT2D eigenvalue weighted by molar-refractivity contribution is 0.433. The number of nitrogens with zero attached hydrogens (tertiary/aromatic N) is 3. The maximum atomic E-state index is 5.39. The van der Waals surface area contributed by atoms with Crippen LogP contribution in [-0.2, 0) is 0 Å². The molecule has 1 heterocycles. The Labute approximate surface area is 87.5 Å². The van der Waals surface area contributed by atoms with Gasteiger partial charge >= 0.3 is 0 Å². The normalized spacial score (nSPS) is 10.3. The van der Waals surface area contributed by atoms with E-state index in [4.69, 9.17) is 10.3 Å². The lowest BCUT2D eigenvalue weighted by Gasteiger charge is -2.12. The Morgan fingerprint density at radius 1 is 1.33 bits per heavy atom. The molecule has 0 aliphatic rings. The van der Waals surface area contributed by atoms with Gasteiger partial charge in [0.15, 0.2) is 0 Å². The lowest BCUT2D eigenvalue weighted by atomic mass is 10.2. The lowest BCUT2D eigenvalue weighted by Crippen LogP contribution is -2.08. The maximum absolute atomic E-state index is 5.39. The van der Waals surface area contributed by atoms with Crippen molar-refractivity contribution in [2.24, 2.45) is 0 Å². The number of aromatic nitrogens is 2. The number of anilines is 2. The van der Waals surface area contributed by atoms with E-state index in [-0.39, 0.29) is 5.95 Å². The van der Waals surface area contributed by atoms with E-state index < -0.39 is 0 Å². The molecule has 0 aliphatic heterocycles. The molecule has 0 radical (unpaired) electrons. The number of rotatable bonds is 2. The van der Waals surface area contributed by atoms with Crippen molar-refractivity contribution in [1.29, 1.82) is 0 Å². The molecule has 0 spiro atoms. The molecule has 0 aliphatic carbocycles. The van der Waals surface area contributed by atoms with Gasteiger partial charge in [-0.05, 0) is 23.4 Å². The first-order valence-corrected chi connectivity index (χ1v) is 4.54. The average molecular weight is 204 g/mol. The summed E-state index contributed by atoms with van der Waals surface area (Å²) < 4.78 is 4.98. The highest BCUT2D eigenvalue weighted by Gasteiger charge is 2.07. The zero-order valence-corrected chi connectivity index (χ0v) is 8.64. The quantitative estimate of drug-likeness (QED) is 0.800. The van der Waals surface area contributed by atoms with E-state index in [1.807, 2.05) is 43.3 Å². The molecule has 1 aromatic heterocycles. The van der Waals surface area contributed by atoms with Crippen molar-refractivity contribution in [2.75, 3.05) is 24.7 Å². The van der Waals surface area contributed by atoms with Crippen molar-refractivity contribution in [3.63, 3.8) is 0 Å². The summed E-state index contributed by atoms with van der Waals surface area (Å²) in [5.41, 5.74) is 7.33. The fraction of sp³-hybridized carbons (Fsp3) is 0.200. The second-order valence-electron chi connectivity index (χ2n) is 3.40. The van der Waals surface area contributed by atoms with Gasteiger partial charge in [-0.15, -0.1) is 0 Å².